The molecule has 2 rings (SSSR count). The zero-order valence-corrected chi connectivity index (χ0v) is 13.9. The second kappa shape index (κ2) is 7.07. The third-order valence-corrected chi connectivity index (χ3v) is 6.15. The lowest BCUT2D eigenvalue weighted by molar-refractivity contribution is -0.133. The van der Waals surface area contributed by atoms with Crippen LogP contribution >= 0.6 is 0 Å². The molecule has 1 N–H and O–H groups in total. The molecular weight excluding hydrogens is 290 g/mol. The minimum Gasteiger partial charge on any atom is -0.338 e. The molecule has 0 saturated carbocycles. The average molecular weight is 317 g/mol. The highest BCUT2D eigenvalue weighted by Crippen LogP contribution is 2.15. The van der Waals surface area contributed by atoms with Crippen LogP contribution in [0.4, 0.5) is 0 Å². The molecule has 0 spiro atoms. The molecule has 0 radical (unpaired) electrons. The van der Waals surface area contributed by atoms with Crippen LogP contribution in [0.3, 0.4) is 0 Å². The maximum Gasteiger partial charge on any atom is 0.224 e. The van der Waals surface area contributed by atoms with Gasteiger partial charge in [0.25, 0.3) is 0 Å². The van der Waals surface area contributed by atoms with E-state index in [1.54, 1.807) is 0 Å². The Kier molecular flexibility index (Phi) is 5.62. The molecule has 0 aromatic carbocycles. The Morgan fingerprint density at radius 3 is 2.76 bits per heavy atom. The van der Waals surface area contributed by atoms with Gasteiger partial charge in [-0.25, -0.2) is 8.42 Å². The van der Waals surface area contributed by atoms with Crippen molar-refractivity contribution in [1.29, 1.82) is 0 Å². The van der Waals surface area contributed by atoms with Gasteiger partial charge >= 0.3 is 0 Å². The number of carbonyl (C=O) groups is 1. The molecule has 2 fully saturated rings. The summed E-state index contributed by atoms with van der Waals surface area (Å²) in [4.78, 5) is 16.8. The smallest absolute Gasteiger partial charge is 0.224 e. The monoisotopic (exact) mass is 317 g/mol. The number of nitrogens with zero attached hydrogens (tertiary/aromatic N) is 2. The van der Waals surface area contributed by atoms with Crippen molar-refractivity contribution < 1.29 is 13.2 Å². The lowest BCUT2D eigenvalue weighted by atomic mass is 10.1. The molecule has 0 aromatic rings. The van der Waals surface area contributed by atoms with Crippen LogP contribution in [-0.4, -0.2) is 80.9 Å². The summed E-state index contributed by atoms with van der Waals surface area (Å²) in [6.45, 7) is 5.25. The lowest BCUT2D eigenvalue weighted by Crippen LogP contribution is -2.50. The summed E-state index contributed by atoms with van der Waals surface area (Å²) in [6, 6.07) is 0.0138. The van der Waals surface area contributed by atoms with Gasteiger partial charge < -0.3 is 15.1 Å². The van der Waals surface area contributed by atoms with E-state index in [4.69, 9.17) is 0 Å². The van der Waals surface area contributed by atoms with E-state index in [0.29, 0.717) is 13.0 Å². The van der Waals surface area contributed by atoms with Gasteiger partial charge in [-0.15, -0.1) is 0 Å². The van der Waals surface area contributed by atoms with Crippen molar-refractivity contribution in [1.82, 2.24) is 15.1 Å². The number of hydrogen-bond donors (Lipinski definition) is 1. The van der Waals surface area contributed by atoms with E-state index in [2.05, 4.69) is 24.2 Å². The molecule has 2 unspecified atom stereocenters. The van der Waals surface area contributed by atoms with Crippen molar-refractivity contribution in [3.63, 3.8) is 0 Å². The average Bonchev–Trinajstić information content (AvgIpc) is 2.58. The Hall–Kier alpha value is -0.660. The minimum atomic E-state index is -2.98. The van der Waals surface area contributed by atoms with Crippen molar-refractivity contribution in [2.45, 2.75) is 38.3 Å². The molecule has 6 nitrogen and oxygen atoms in total. The van der Waals surface area contributed by atoms with Gasteiger partial charge in [0.15, 0.2) is 9.84 Å². The fraction of sp³-hybridized carbons (Fsp3) is 0.929. The van der Waals surface area contributed by atoms with Crippen LogP contribution in [0.15, 0.2) is 0 Å². The number of carbonyl (C=O) groups excluding carboxylic acids is 1. The molecule has 2 saturated heterocycles. The fourth-order valence-electron chi connectivity index (χ4n) is 3.25. The number of nitrogens with one attached hydrogen (secondary N) is 1. The van der Waals surface area contributed by atoms with Gasteiger partial charge in [-0.1, -0.05) is 6.92 Å². The van der Waals surface area contributed by atoms with Crippen LogP contribution in [0.25, 0.3) is 0 Å². The number of rotatable bonds is 3. The maximum atomic E-state index is 12.6. The summed E-state index contributed by atoms with van der Waals surface area (Å²) in [5, 5.41) is 3.16. The fourth-order valence-corrected chi connectivity index (χ4v) is 4.69. The normalized spacial score (nSPS) is 30.9. The van der Waals surface area contributed by atoms with Crippen molar-refractivity contribution in [2.75, 3.05) is 44.7 Å². The van der Waals surface area contributed by atoms with E-state index >= 15 is 0 Å². The van der Waals surface area contributed by atoms with Crippen LogP contribution in [0.2, 0.25) is 0 Å². The Morgan fingerprint density at radius 1 is 1.33 bits per heavy atom. The summed E-state index contributed by atoms with van der Waals surface area (Å²) >= 11 is 0. The molecule has 2 heterocycles. The van der Waals surface area contributed by atoms with Crippen LogP contribution in [0.5, 0.6) is 0 Å². The van der Waals surface area contributed by atoms with Crippen LogP contribution in [-0.2, 0) is 14.6 Å². The Balaban J connectivity index is 1.97. The third kappa shape index (κ3) is 4.66. The van der Waals surface area contributed by atoms with Crippen LogP contribution in [0.1, 0.15) is 26.2 Å². The molecular formula is C14H27N3O3S. The van der Waals surface area contributed by atoms with Crippen molar-refractivity contribution in [3.05, 3.63) is 0 Å². The molecule has 0 bridgehead atoms. The van der Waals surface area contributed by atoms with E-state index in [0.717, 1.165) is 32.5 Å². The van der Waals surface area contributed by atoms with E-state index in [1.807, 2.05) is 4.90 Å². The second-order valence-corrected chi connectivity index (χ2v) is 8.46. The van der Waals surface area contributed by atoms with E-state index in [1.165, 1.54) is 0 Å². The second-order valence-electron chi connectivity index (χ2n) is 6.23. The first-order valence-electron chi connectivity index (χ1n) is 7.83. The summed E-state index contributed by atoms with van der Waals surface area (Å²) in [6.07, 6.45) is 2.21. The minimum absolute atomic E-state index is 0.0866. The Bertz CT molecular complexity index is 466. The highest BCUT2D eigenvalue weighted by atomic mass is 32.2. The first-order valence-corrected chi connectivity index (χ1v) is 9.65. The first-order chi connectivity index (χ1) is 9.91. The molecule has 0 aromatic heterocycles. The van der Waals surface area contributed by atoms with Gasteiger partial charge in [0.05, 0.1) is 11.5 Å². The van der Waals surface area contributed by atoms with E-state index < -0.39 is 9.84 Å². The van der Waals surface area contributed by atoms with Crippen molar-refractivity contribution in [3.8, 4) is 0 Å². The van der Waals surface area contributed by atoms with Gasteiger partial charge in [-0.3, -0.25) is 4.79 Å². The SMILES string of the molecule is CCC1CN(C)CCCN1C(=O)CC1CS(=O)(=O)CCN1. The predicted molar refractivity (Wildman–Crippen MR) is 83.0 cm³/mol. The van der Waals surface area contributed by atoms with Gasteiger partial charge in [-0.05, 0) is 26.4 Å². The summed E-state index contributed by atoms with van der Waals surface area (Å²) in [5.74, 6) is 0.360. The topological polar surface area (TPSA) is 69.7 Å². The molecule has 0 aliphatic carbocycles. The molecule has 122 valence electrons. The molecule has 1 amide bonds. The zero-order chi connectivity index (χ0) is 15.5. The van der Waals surface area contributed by atoms with E-state index in [-0.39, 0.29) is 29.5 Å². The number of likely N-dealkylation sites (N-methyl/N-ethyl adjacent to an activating group) is 1. The van der Waals surface area contributed by atoms with E-state index in [9.17, 15) is 13.2 Å². The Labute approximate surface area is 127 Å². The molecule has 7 heteroatoms. The molecule has 2 aliphatic heterocycles. The van der Waals surface area contributed by atoms with Gasteiger partial charge in [0, 0.05) is 38.1 Å². The molecule has 21 heavy (non-hydrogen) atoms. The quantitative estimate of drug-likeness (QED) is 0.774. The molecule has 2 atom stereocenters. The summed E-state index contributed by atoms with van der Waals surface area (Å²) in [5.41, 5.74) is 0. The standard InChI is InChI=1S/C14H27N3O3S/c1-3-13-10-16(2)6-4-7-17(13)14(18)9-12-11-21(19,20)8-5-15-12/h12-13,15H,3-11H2,1-2H3. The Morgan fingerprint density at radius 2 is 2.10 bits per heavy atom. The summed E-state index contributed by atoms with van der Waals surface area (Å²) in [7, 11) is -0.896. The van der Waals surface area contributed by atoms with Crippen molar-refractivity contribution >= 4 is 15.7 Å². The third-order valence-electron chi connectivity index (χ3n) is 4.42. The molecule has 2 aliphatic rings. The van der Waals surface area contributed by atoms with Crippen LogP contribution < -0.4 is 5.32 Å². The maximum absolute atomic E-state index is 12.6. The van der Waals surface area contributed by atoms with Gasteiger partial charge in [0.2, 0.25) is 5.91 Å². The highest BCUT2D eigenvalue weighted by molar-refractivity contribution is 7.91. The number of amides is 1. The summed E-state index contributed by atoms with van der Waals surface area (Å²) < 4.78 is 23.3. The largest absolute Gasteiger partial charge is 0.338 e. The predicted octanol–water partition coefficient (Wildman–Crippen LogP) is -0.294. The van der Waals surface area contributed by atoms with Crippen molar-refractivity contribution in [2.24, 2.45) is 0 Å². The highest BCUT2D eigenvalue weighted by Gasteiger charge is 2.30. The zero-order valence-electron chi connectivity index (χ0n) is 13.0. The lowest BCUT2D eigenvalue weighted by Gasteiger charge is -2.32. The van der Waals surface area contributed by atoms with Crippen LogP contribution in [0, 0.1) is 0 Å². The van der Waals surface area contributed by atoms with Gasteiger partial charge in [-0.2, -0.15) is 0 Å². The number of hydrogen-bond acceptors (Lipinski definition) is 5. The first kappa shape index (κ1) is 16.7. The van der Waals surface area contributed by atoms with Gasteiger partial charge in [0.1, 0.15) is 0 Å². The number of sulfone groups is 1.